The van der Waals surface area contributed by atoms with Gasteiger partial charge < -0.3 is 19.4 Å². The van der Waals surface area contributed by atoms with Crippen LogP contribution in [0.4, 0.5) is 20.4 Å². The second-order valence-electron chi connectivity index (χ2n) is 6.78. The fourth-order valence-electron chi connectivity index (χ4n) is 2.96. The summed E-state index contributed by atoms with van der Waals surface area (Å²) in [6.45, 7) is 3.68. The number of nitrogens with zero attached hydrogens (tertiary/aromatic N) is 4. The molecule has 1 N–H and O–H groups in total. The molecule has 158 valence electrons. The fourth-order valence-corrected chi connectivity index (χ4v) is 2.96. The molecule has 0 fully saturated rings. The molecule has 0 bridgehead atoms. The van der Waals surface area contributed by atoms with Crippen LogP contribution in [0.2, 0.25) is 0 Å². The summed E-state index contributed by atoms with van der Waals surface area (Å²) in [6, 6.07) is 10.4. The van der Waals surface area contributed by atoms with Gasteiger partial charge in [-0.25, -0.2) is 18.7 Å². The van der Waals surface area contributed by atoms with Gasteiger partial charge in [0.15, 0.2) is 11.6 Å². The Balaban J connectivity index is 1.58. The zero-order chi connectivity index (χ0) is 22.0. The highest BCUT2D eigenvalue weighted by atomic mass is 19.2. The number of halogens is 2. The van der Waals surface area contributed by atoms with Gasteiger partial charge in [0.05, 0.1) is 24.8 Å². The van der Waals surface area contributed by atoms with Crippen LogP contribution in [0.3, 0.4) is 0 Å². The van der Waals surface area contributed by atoms with Gasteiger partial charge in [0.2, 0.25) is 11.8 Å². The zero-order valence-corrected chi connectivity index (χ0v) is 17.1. The number of hydrogen-bond acceptors (Lipinski definition) is 6. The number of anilines is 2. The second kappa shape index (κ2) is 8.39. The molecule has 9 heteroatoms. The Kier molecular flexibility index (Phi) is 5.48. The Hall–Kier alpha value is -4.01. The summed E-state index contributed by atoms with van der Waals surface area (Å²) in [5.41, 5.74) is 3.06. The monoisotopic (exact) mass is 423 g/mol. The van der Waals surface area contributed by atoms with Gasteiger partial charge in [-0.1, -0.05) is 0 Å². The molecule has 0 radical (unpaired) electrons. The second-order valence-corrected chi connectivity index (χ2v) is 6.78. The van der Waals surface area contributed by atoms with Crippen LogP contribution in [-0.2, 0) is 0 Å². The molecule has 2 aromatic carbocycles. The van der Waals surface area contributed by atoms with E-state index >= 15 is 0 Å². The van der Waals surface area contributed by atoms with Crippen LogP contribution in [0, 0.1) is 25.5 Å². The van der Waals surface area contributed by atoms with Gasteiger partial charge in [0.25, 0.3) is 0 Å². The summed E-state index contributed by atoms with van der Waals surface area (Å²) in [6.07, 6.45) is 3.61. The largest absolute Gasteiger partial charge is 0.494 e. The first-order chi connectivity index (χ1) is 14.9. The van der Waals surface area contributed by atoms with Gasteiger partial charge in [0, 0.05) is 35.8 Å². The Labute approximate surface area is 177 Å². The summed E-state index contributed by atoms with van der Waals surface area (Å²) in [5, 5.41) is 3.11. The Morgan fingerprint density at radius 2 is 1.77 bits per heavy atom. The van der Waals surface area contributed by atoms with Crippen molar-refractivity contribution in [3.05, 3.63) is 78.0 Å². The topological polar surface area (TPSA) is 74.1 Å². The van der Waals surface area contributed by atoms with Crippen molar-refractivity contribution in [2.45, 2.75) is 13.8 Å². The number of ether oxygens (including phenoxy) is 2. The number of nitrogens with one attached hydrogen (secondary N) is 1. The molecule has 0 aliphatic carbocycles. The van der Waals surface area contributed by atoms with Crippen LogP contribution in [0.1, 0.15) is 11.4 Å². The summed E-state index contributed by atoms with van der Waals surface area (Å²) in [5.74, 6) is -0.707. The maximum absolute atomic E-state index is 13.4. The minimum Gasteiger partial charge on any atom is -0.494 e. The van der Waals surface area contributed by atoms with Crippen molar-refractivity contribution in [2.24, 2.45) is 0 Å². The van der Waals surface area contributed by atoms with Crippen molar-refractivity contribution in [3.63, 3.8) is 0 Å². The van der Waals surface area contributed by atoms with Crippen molar-refractivity contribution in [3.8, 4) is 23.1 Å². The number of benzene rings is 2. The van der Waals surface area contributed by atoms with Gasteiger partial charge in [-0.15, -0.1) is 0 Å². The maximum Gasteiger partial charge on any atom is 0.230 e. The third kappa shape index (κ3) is 4.61. The molecule has 0 saturated heterocycles. The SMILES string of the molecule is COc1cc(Nc2nc(C)cc(Oc3ccc(F)c(F)c3)n2)ccc1-n1cnc(C)c1. The number of rotatable bonds is 6. The Morgan fingerprint density at radius 1 is 0.935 bits per heavy atom. The molecule has 31 heavy (non-hydrogen) atoms. The van der Waals surface area contributed by atoms with Crippen LogP contribution in [0.5, 0.6) is 17.4 Å². The van der Waals surface area contributed by atoms with Gasteiger partial charge in [-0.3, -0.25) is 0 Å². The van der Waals surface area contributed by atoms with Crippen molar-refractivity contribution in [2.75, 3.05) is 12.4 Å². The van der Waals surface area contributed by atoms with Gasteiger partial charge in [-0.05, 0) is 38.1 Å². The van der Waals surface area contributed by atoms with E-state index in [4.69, 9.17) is 9.47 Å². The third-order valence-corrected chi connectivity index (χ3v) is 4.37. The lowest BCUT2D eigenvalue weighted by atomic mass is 10.2. The molecule has 4 aromatic rings. The molecule has 0 aliphatic rings. The van der Waals surface area contributed by atoms with E-state index < -0.39 is 11.6 Å². The van der Waals surface area contributed by atoms with Crippen LogP contribution in [0.15, 0.2) is 55.0 Å². The number of hydrogen-bond donors (Lipinski definition) is 1. The molecule has 2 aromatic heterocycles. The molecular formula is C22H19F2N5O2. The average molecular weight is 423 g/mol. The number of aromatic nitrogens is 4. The van der Waals surface area contributed by atoms with Gasteiger partial charge in [-0.2, -0.15) is 4.98 Å². The van der Waals surface area contributed by atoms with Gasteiger partial charge in [0.1, 0.15) is 11.5 Å². The normalized spacial score (nSPS) is 10.7. The highest BCUT2D eigenvalue weighted by molar-refractivity contribution is 5.62. The highest BCUT2D eigenvalue weighted by Gasteiger charge is 2.11. The first kappa shape index (κ1) is 20.3. The lowest BCUT2D eigenvalue weighted by molar-refractivity contribution is 0.413. The van der Waals surface area contributed by atoms with E-state index in [-0.39, 0.29) is 17.6 Å². The number of imidazole rings is 1. The summed E-state index contributed by atoms with van der Waals surface area (Å²) < 4.78 is 39.5. The molecule has 0 atom stereocenters. The molecule has 0 spiro atoms. The molecular weight excluding hydrogens is 404 g/mol. The van der Waals surface area contributed by atoms with E-state index in [2.05, 4.69) is 20.3 Å². The van der Waals surface area contributed by atoms with Crippen molar-refractivity contribution >= 4 is 11.6 Å². The van der Waals surface area contributed by atoms with E-state index in [0.29, 0.717) is 17.1 Å². The van der Waals surface area contributed by atoms with Crippen LogP contribution >= 0.6 is 0 Å². The lowest BCUT2D eigenvalue weighted by Gasteiger charge is -2.13. The summed E-state index contributed by atoms with van der Waals surface area (Å²) >= 11 is 0. The number of aryl methyl sites for hydroxylation is 2. The lowest BCUT2D eigenvalue weighted by Crippen LogP contribution is -2.02. The van der Waals surface area contributed by atoms with E-state index in [9.17, 15) is 8.78 Å². The summed E-state index contributed by atoms with van der Waals surface area (Å²) in [7, 11) is 1.59. The van der Waals surface area contributed by atoms with Crippen molar-refractivity contribution < 1.29 is 18.3 Å². The van der Waals surface area contributed by atoms with E-state index in [0.717, 1.165) is 23.5 Å². The molecule has 0 aliphatic heterocycles. The Bertz CT molecular complexity index is 1240. The van der Waals surface area contributed by atoms with Crippen molar-refractivity contribution in [1.29, 1.82) is 0 Å². The maximum atomic E-state index is 13.4. The number of methoxy groups -OCH3 is 1. The molecule has 0 unspecified atom stereocenters. The fraction of sp³-hybridized carbons (Fsp3) is 0.136. The predicted octanol–water partition coefficient (Wildman–Crippen LogP) is 5.10. The van der Waals surface area contributed by atoms with Crippen LogP contribution < -0.4 is 14.8 Å². The quantitative estimate of drug-likeness (QED) is 0.465. The molecule has 2 heterocycles. The zero-order valence-electron chi connectivity index (χ0n) is 17.1. The van der Waals surface area contributed by atoms with Gasteiger partial charge >= 0.3 is 0 Å². The Morgan fingerprint density at radius 3 is 2.48 bits per heavy atom. The van der Waals surface area contributed by atoms with E-state index in [1.165, 1.54) is 6.07 Å². The predicted molar refractivity (Wildman–Crippen MR) is 111 cm³/mol. The van der Waals surface area contributed by atoms with E-state index in [1.54, 1.807) is 26.4 Å². The first-order valence-electron chi connectivity index (χ1n) is 9.36. The molecule has 7 nitrogen and oxygen atoms in total. The molecule has 4 rings (SSSR count). The van der Waals surface area contributed by atoms with Crippen LogP contribution in [-0.4, -0.2) is 26.6 Å². The van der Waals surface area contributed by atoms with E-state index in [1.807, 2.05) is 35.9 Å². The third-order valence-electron chi connectivity index (χ3n) is 4.37. The average Bonchev–Trinajstić information content (AvgIpc) is 3.16. The minimum atomic E-state index is -0.998. The van der Waals surface area contributed by atoms with Crippen LogP contribution in [0.25, 0.3) is 5.69 Å². The van der Waals surface area contributed by atoms with Crippen molar-refractivity contribution in [1.82, 2.24) is 19.5 Å². The highest BCUT2D eigenvalue weighted by Crippen LogP contribution is 2.29. The molecule has 0 amide bonds. The standard InChI is InChI=1S/C22H19F2N5O2/c1-13-8-21(31-16-5-6-17(23)18(24)10-16)28-22(26-13)27-15-4-7-19(20(9-15)30-3)29-11-14(2)25-12-29/h4-12H,1-3H3,(H,26,27,28). The molecule has 0 saturated carbocycles. The smallest absolute Gasteiger partial charge is 0.230 e. The summed E-state index contributed by atoms with van der Waals surface area (Å²) in [4.78, 5) is 12.9. The first-order valence-corrected chi connectivity index (χ1v) is 9.36. The minimum absolute atomic E-state index is 0.129.